The first-order valence-electron chi connectivity index (χ1n) is 10.5. The van der Waals surface area contributed by atoms with Crippen LogP contribution in [-0.2, 0) is 6.61 Å². The van der Waals surface area contributed by atoms with Crippen LogP contribution in [0.1, 0.15) is 54.4 Å². The van der Waals surface area contributed by atoms with Gasteiger partial charge in [-0.25, -0.2) is 0 Å². The molecule has 0 atom stereocenters. The van der Waals surface area contributed by atoms with Gasteiger partial charge in [-0.3, -0.25) is 4.79 Å². The topological polar surface area (TPSA) is 55.6 Å². The fourth-order valence-corrected chi connectivity index (χ4v) is 3.91. The third-order valence-corrected chi connectivity index (χ3v) is 5.48. The molecular weight excluding hydrogens is 348 g/mol. The lowest BCUT2D eigenvalue weighted by molar-refractivity contribution is 0.0708. The van der Waals surface area contributed by atoms with Crippen LogP contribution in [0.15, 0.2) is 54.6 Å². The number of nitrogens with two attached hydrogens (primary N) is 1. The lowest BCUT2D eigenvalue weighted by atomic mass is 9.88. The Morgan fingerprint density at radius 1 is 1.00 bits per heavy atom. The first-order chi connectivity index (χ1) is 13.8. The van der Waals surface area contributed by atoms with Gasteiger partial charge in [-0.2, -0.15) is 0 Å². The molecule has 4 heteroatoms. The first-order valence-corrected chi connectivity index (χ1v) is 10.5. The van der Waals surface area contributed by atoms with E-state index in [9.17, 15) is 4.79 Å². The third kappa shape index (κ3) is 5.83. The van der Waals surface area contributed by atoms with Crippen molar-refractivity contribution >= 4 is 5.91 Å². The number of benzene rings is 2. The molecule has 0 spiro atoms. The monoisotopic (exact) mass is 380 g/mol. The molecule has 0 unspecified atom stereocenters. The number of rotatable bonds is 9. The van der Waals surface area contributed by atoms with Crippen LogP contribution in [-0.4, -0.2) is 30.4 Å². The molecule has 2 N–H and O–H groups in total. The quantitative estimate of drug-likeness (QED) is 0.690. The Labute approximate surface area is 168 Å². The van der Waals surface area contributed by atoms with E-state index in [1.807, 2.05) is 59.5 Å². The highest BCUT2D eigenvalue weighted by Crippen LogP contribution is 2.27. The maximum atomic E-state index is 13.4. The molecule has 1 aliphatic carbocycles. The van der Waals surface area contributed by atoms with Crippen molar-refractivity contribution in [3.05, 3.63) is 65.7 Å². The lowest BCUT2D eigenvalue weighted by Gasteiger charge is -2.30. The smallest absolute Gasteiger partial charge is 0.257 e. The minimum absolute atomic E-state index is 0.0580. The maximum Gasteiger partial charge on any atom is 0.257 e. The van der Waals surface area contributed by atoms with Crippen molar-refractivity contribution in [1.82, 2.24) is 4.90 Å². The standard InChI is InChI=1S/C24H32N2O2/c25-16-9-17-26(18-20-10-3-1-4-11-20)24(27)22-14-7-8-15-23(22)28-19-21-12-5-2-6-13-21/h2,5-8,12-15,20H,1,3-4,9-11,16-19,25H2. The van der Waals surface area contributed by atoms with Crippen molar-refractivity contribution < 1.29 is 9.53 Å². The average molecular weight is 381 g/mol. The number of amides is 1. The normalized spacial score (nSPS) is 14.6. The summed E-state index contributed by atoms with van der Waals surface area (Å²) in [4.78, 5) is 15.4. The molecule has 0 bridgehead atoms. The summed E-state index contributed by atoms with van der Waals surface area (Å²) in [6.45, 7) is 2.59. The fourth-order valence-electron chi connectivity index (χ4n) is 3.91. The molecule has 0 radical (unpaired) electrons. The van der Waals surface area contributed by atoms with E-state index in [0.29, 0.717) is 36.9 Å². The SMILES string of the molecule is NCCCN(CC1CCCCC1)C(=O)c1ccccc1OCc1ccccc1. The van der Waals surface area contributed by atoms with Crippen molar-refractivity contribution in [2.45, 2.75) is 45.1 Å². The third-order valence-electron chi connectivity index (χ3n) is 5.48. The van der Waals surface area contributed by atoms with Gasteiger partial charge in [-0.05, 0) is 49.4 Å². The summed E-state index contributed by atoms with van der Waals surface area (Å²) in [7, 11) is 0. The zero-order chi connectivity index (χ0) is 19.6. The molecule has 2 aromatic carbocycles. The maximum absolute atomic E-state index is 13.4. The molecule has 1 fully saturated rings. The van der Waals surface area contributed by atoms with Gasteiger partial charge < -0.3 is 15.4 Å². The molecule has 1 amide bonds. The van der Waals surface area contributed by atoms with Gasteiger partial charge in [0.15, 0.2) is 0 Å². The van der Waals surface area contributed by atoms with Crippen LogP contribution < -0.4 is 10.5 Å². The molecule has 0 saturated heterocycles. The van der Waals surface area contributed by atoms with Crippen molar-refractivity contribution in [2.75, 3.05) is 19.6 Å². The lowest BCUT2D eigenvalue weighted by Crippen LogP contribution is -2.37. The summed E-state index contributed by atoms with van der Waals surface area (Å²) in [5.74, 6) is 1.31. The van der Waals surface area contributed by atoms with Crippen LogP contribution >= 0.6 is 0 Å². The van der Waals surface area contributed by atoms with E-state index >= 15 is 0 Å². The number of carbonyl (C=O) groups excluding carboxylic acids is 1. The predicted molar refractivity (Wildman–Crippen MR) is 113 cm³/mol. The Morgan fingerprint density at radius 3 is 2.46 bits per heavy atom. The largest absolute Gasteiger partial charge is 0.488 e. The van der Waals surface area contributed by atoms with E-state index in [4.69, 9.17) is 10.5 Å². The van der Waals surface area contributed by atoms with Gasteiger partial charge in [0.1, 0.15) is 12.4 Å². The van der Waals surface area contributed by atoms with Gasteiger partial charge in [0, 0.05) is 13.1 Å². The molecule has 2 aromatic rings. The van der Waals surface area contributed by atoms with Crippen LogP contribution in [0.2, 0.25) is 0 Å². The zero-order valence-electron chi connectivity index (χ0n) is 16.7. The molecular formula is C24H32N2O2. The summed E-state index contributed by atoms with van der Waals surface area (Å²) in [6, 6.07) is 17.6. The number of hydrogen-bond donors (Lipinski definition) is 1. The van der Waals surface area contributed by atoms with E-state index in [2.05, 4.69) is 0 Å². The molecule has 1 saturated carbocycles. The van der Waals surface area contributed by atoms with Crippen molar-refractivity contribution in [3.63, 3.8) is 0 Å². The number of para-hydroxylation sites is 1. The zero-order valence-corrected chi connectivity index (χ0v) is 16.7. The minimum Gasteiger partial charge on any atom is -0.488 e. The summed E-state index contributed by atoms with van der Waals surface area (Å²) in [5, 5.41) is 0. The Balaban J connectivity index is 1.72. The minimum atomic E-state index is 0.0580. The fraction of sp³-hybridized carbons (Fsp3) is 0.458. The Bertz CT molecular complexity index is 726. The van der Waals surface area contributed by atoms with Gasteiger partial charge in [0.05, 0.1) is 5.56 Å². The molecule has 3 rings (SSSR count). The molecule has 0 heterocycles. The molecule has 0 aromatic heterocycles. The highest BCUT2D eigenvalue weighted by molar-refractivity contribution is 5.97. The molecule has 4 nitrogen and oxygen atoms in total. The van der Waals surface area contributed by atoms with Gasteiger partial charge in [-0.15, -0.1) is 0 Å². The molecule has 150 valence electrons. The second kappa shape index (κ2) is 10.9. The Kier molecular flexibility index (Phi) is 7.92. The summed E-state index contributed by atoms with van der Waals surface area (Å²) >= 11 is 0. The van der Waals surface area contributed by atoms with E-state index in [0.717, 1.165) is 18.5 Å². The Hall–Kier alpha value is -2.33. The van der Waals surface area contributed by atoms with E-state index in [1.165, 1.54) is 32.1 Å². The van der Waals surface area contributed by atoms with Crippen molar-refractivity contribution in [3.8, 4) is 5.75 Å². The number of hydrogen-bond acceptors (Lipinski definition) is 3. The Morgan fingerprint density at radius 2 is 1.71 bits per heavy atom. The second-order valence-corrected chi connectivity index (χ2v) is 7.67. The van der Waals surface area contributed by atoms with Crippen LogP contribution in [0, 0.1) is 5.92 Å². The van der Waals surface area contributed by atoms with E-state index in [-0.39, 0.29) is 5.91 Å². The van der Waals surface area contributed by atoms with Crippen LogP contribution in [0.3, 0.4) is 0 Å². The number of ether oxygens (including phenoxy) is 1. The number of nitrogens with zero attached hydrogens (tertiary/aromatic N) is 1. The van der Waals surface area contributed by atoms with Gasteiger partial charge in [0.25, 0.3) is 5.91 Å². The van der Waals surface area contributed by atoms with Crippen molar-refractivity contribution in [1.29, 1.82) is 0 Å². The molecule has 28 heavy (non-hydrogen) atoms. The summed E-state index contributed by atoms with van der Waals surface area (Å²) < 4.78 is 6.02. The van der Waals surface area contributed by atoms with Gasteiger partial charge in [0.2, 0.25) is 0 Å². The van der Waals surface area contributed by atoms with Gasteiger partial charge in [-0.1, -0.05) is 61.7 Å². The molecule has 0 aliphatic heterocycles. The highest BCUT2D eigenvalue weighted by atomic mass is 16.5. The van der Waals surface area contributed by atoms with Crippen LogP contribution in [0.4, 0.5) is 0 Å². The predicted octanol–water partition coefficient (Wildman–Crippen LogP) is 4.64. The van der Waals surface area contributed by atoms with Crippen molar-refractivity contribution in [2.24, 2.45) is 11.7 Å². The summed E-state index contributed by atoms with van der Waals surface area (Å²) in [6.07, 6.45) is 7.15. The molecule has 1 aliphatic rings. The van der Waals surface area contributed by atoms with E-state index in [1.54, 1.807) is 0 Å². The average Bonchev–Trinajstić information content (AvgIpc) is 2.76. The first kappa shape index (κ1) is 20.4. The van der Waals surface area contributed by atoms with Crippen LogP contribution in [0.5, 0.6) is 5.75 Å². The van der Waals surface area contributed by atoms with Crippen LogP contribution in [0.25, 0.3) is 0 Å². The van der Waals surface area contributed by atoms with E-state index < -0.39 is 0 Å². The van der Waals surface area contributed by atoms with Gasteiger partial charge >= 0.3 is 0 Å². The second-order valence-electron chi connectivity index (χ2n) is 7.67. The highest BCUT2D eigenvalue weighted by Gasteiger charge is 2.23. The summed E-state index contributed by atoms with van der Waals surface area (Å²) in [5.41, 5.74) is 7.46. The number of carbonyl (C=O) groups is 1.